The minimum atomic E-state index is -0.510. The molecule has 3 N–H and O–H groups in total. The predicted octanol–water partition coefficient (Wildman–Crippen LogP) is 0.749. The predicted molar refractivity (Wildman–Crippen MR) is 69.5 cm³/mol. The van der Waals surface area contributed by atoms with Gasteiger partial charge in [-0.3, -0.25) is 14.9 Å². The maximum Gasteiger partial charge on any atom is 0.271 e. The summed E-state index contributed by atoms with van der Waals surface area (Å²) in [5, 5.41) is 13.2. The van der Waals surface area contributed by atoms with E-state index in [9.17, 15) is 14.9 Å². The molecule has 1 aromatic rings. The fraction of sp³-hybridized carbons (Fsp3) is 0.364. The molecule has 98 valence electrons. The lowest BCUT2D eigenvalue weighted by Gasteiger charge is -2.20. The zero-order valence-electron chi connectivity index (χ0n) is 10.3. The van der Waals surface area contributed by atoms with Gasteiger partial charge in [0.1, 0.15) is 0 Å². The summed E-state index contributed by atoms with van der Waals surface area (Å²) < 4.78 is 0. The average molecular weight is 252 g/mol. The lowest BCUT2D eigenvalue weighted by Crippen LogP contribution is -2.35. The van der Waals surface area contributed by atoms with Gasteiger partial charge in [0.15, 0.2) is 0 Å². The first-order valence-corrected chi connectivity index (χ1v) is 5.47. The van der Waals surface area contributed by atoms with Crippen molar-refractivity contribution in [3.05, 3.63) is 28.3 Å². The van der Waals surface area contributed by atoms with E-state index in [1.807, 2.05) is 6.92 Å². The second kappa shape index (κ2) is 5.85. The highest BCUT2D eigenvalue weighted by atomic mass is 16.6. The summed E-state index contributed by atoms with van der Waals surface area (Å²) in [7, 11) is 1.70. The van der Waals surface area contributed by atoms with E-state index in [-0.39, 0.29) is 23.8 Å². The molecule has 0 bridgehead atoms. The van der Waals surface area contributed by atoms with Gasteiger partial charge in [0.05, 0.1) is 22.8 Å². The lowest BCUT2D eigenvalue weighted by atomic mass is 10.2. The molecule has 7 heteroatoms. The number of amides is 1. The van der Waals surface area contributed by atoms with Crippen molar-refractivity contribution in [2.75, 3.05) is 30.8 Å². The van der Waals surface area contributed by atoms with Crippen LogP contribution in [0.5, 0.6) is 0 Å². The van der Waals surface area contributed by atoms with Gasteiger partial charge >= 0.3 is 0 Å². The van der Waals surface area contributed by atoms with E-state index >= 15 is 0 Å². The van der Waals surface area contributed by atoms with Crippen molar-refractivity contribution in [1.82, 2.24) is 5.32 Å². The minimum absolute atomic E-state index is 0.0670. The summed E-state index contributed by atoms with van der Waals surface area (Å²) in [5.74, 6) is -0.127. The van der Waals surface area contributed by atoms with E-state index in [2.05, 4.69) is 5.32 Å². The fourth-order valence-corrected chi connectivity index (χ4v) is 1.56. The molecule has 0 saturated heterocycles. The quantitative estimate of drug-likeness (QED) is 0.457. The van der Waals surface area contributed by atoms with E-state index in [1.54, 1.807) is 11.9 Å². The van der Waals surface area contributed by atoms with Gasteiger partial charge in [-0.1, -0.05) is 0 Å². The molecular weight excluding hydrogens is 236 g/mol. The van der Waals surface area contributed by atoms with Gasteiger partial charge in [0, 0.05) is 25.7 Å². The largest absolute Gasteiger partial charge is 0.397 e. The highest BCUT2D eigenvalue weighted by Gasteiger charge is 2.13. The number of likely N-dealkylation sites (N-methyl/N-ethyl adjacent to an activating group) is 2. The molecule has 0 radical (unpaired) electrons. The smallest absolute Gasteiger partial charge is 0.271 e. The summed E-state index contributed by atoms with van der Waals surface area (Å²) in [6, 6.07) is 4.18. The zero-order valence-corrected chi connectivity index (χ0v) is 10.3. The van der Waals surface area contributed by atoms with Crippen molar-refractivity contribution in [1.29, 1.82) is 0 Å². The fourth-order valence-electron chi connectivity index (χ4n) is 1.56. The normalized spacial score (nSPS) is 9.89. The number of hydrogen-bond acceptors (Lipinski definition) is 5. The summed E-state index contributed by atoms with van der Waals surface area (Å²) in [6.45, 7) is 2.54. The Morgan fingerprint density at radius 3 is 2.72 bits per heavy atom. The monoisotopic (exact) mass is 252 g/mol. The number of nitro groups is 1. The Morgan fingerprint density at radius 1 is 1.56 bits per heavy atom. The summed E-state index contributed by atoms with van der Waals surface area (Å²) >= 11 is 0. The number of rotatable bonds is 5. The number of carbonyl (C=O) groups excluding carboxylic acids is 1. The van der Waals surface area contributed by atoms with Crippen LogP contribution in [0.3, 0.4) is 0 Å². The number of nitrogens with two attached hydrogens (primary N) is 1. The van der Waals surface area contributed by atoms with Gasteiger partial charge < -0.3 is 16.0 Å². The summed E-state index contributed by atoms with van der Waals surface area (Å²) in [5.41, 5.74) is 6.53. The van der Waals surface area contributed by atoms with E-state index < -0.39 is 4.92 Å². The Morgan fingerprint density at radius 2 is 2.22 bits per heavy atom. The van der Waals surface area contributed by atoms with Crippen LogP contribution in [0.4, 0.5) is 17.1 Å². The molecule has 0 aromatic heterocycles. The number of nitrogens with zero attached hydrogens (tertiary/aromatic N) is 2. The van der Waals surface area contributed by atoms with Crippen LogP contribution in [0, 0.1) is 10.1 Å². The number of nitrogen functional groups attached to an aromatic ring is 1. The number of non-ortho nitro benzene ring substituents is 1. The molecule has 7 nitrogen and oxygen atoms in total. The molecule has 1 aromatic carbocycles. The van der Waals surface area contributed by atoms with Crippen molar-refractivity contribution in [3.63, 3.8) is 0 Å². The third kappa shape index (κ3) is 3.34. The second-order valence-corrected chi connectivity index (χ2v) is 3.81. The van der Waals surface area contributed by atoms with Gasteiger partial charge in [0.25, 0.3) is 5.69 Å². The van der Waals surface area contributed by atoms with Crippen molar-refractivity contribution in [2.24, 2.45) is 0 Å². The molecule has 0 unspecified atom stereocenters. The first kappa shape index (κ1) is 13.8. The van der Waals surface area contributed by atoms with Crippen LogP contribution < -0.4 is 16.0 Å². The molecule has 0 heterocycles. The maximum atomic E-state index is 11.4. The van der Waals surface area contributed by atoms with Gasteiger partial charge in [0.2, 0.25) is 5.91 Å². The molecule has 1 rings (SSSR count). The van der Waals surface area contributed by atoms with Crippen LogP contribution in [0.25, 0.3) is 0 Å². The van der Waals surface area contributed by atoms with E-state index in [0.29, 0.717) is 12.2 Å². The molecule has 0 spiro atoms. The van der Waals surface area contributed by atoms with E-state index in [1.165, 1.54) is 18.2 Å². The molecule has 0 aliphatic rings. The molecule has 0 saturated carbocycles. The lowest BCUT2D eigenvalue weighted by molar-refractivity contribution is -0.384. The highest BCUT2D eigenvalue weighted by Crippen LogP contribution is 2.26. The second-order valence-electron chi connectivity index (χ2n) is 3.81. The number of nitrogens with one attached hydrogen (secondary N) is 1. The van der Waals surface area contributed by atoms with E-state index in [4.69, 9.17) is 5.73 Å². The molecule has 1 amide bonds. The van der Waals surface area contributed by atoms with Gasteiger partial charge in [-0.05, 0) is 13.0 Å². The van der Waals surface area contributed by atoms with Crippen molar-refractivity contribution < 1.29 is 9.72 Å². The van der Waals surface area contributed by atoms with Gasteiger partial charge in [-0.25, -0.2) is 0 Å². The first-order valence-electron chi connectivity index (χ1n) is 5.47. The number of carbonyl (C=O) groups is 1. The molecular formula is C11H16N4O3. The standard InChI is InChI=1S/C11H16N4O3/c1-3-13-11(16)7-14(2)10-5-4-8(15(17)18)6-9(10)12/h4-6H,3,7,12H2,1-2H3,(H,13,16). The number of nitro benzene ring substituents is 1. The summed E-state index contributed by atoms with van der Waals surface area (Å²) in [6.07, 6.45) is 0. The maximum absolute atomic E-state index is 11.4. The van der Waals surface area contributed by atoms with Crippen LogP contribution in [-0.4, -0.2) is 31.0 Å². The topological polar surface area (TPSA) is 102 Å². The van der Waals surface area contributed by atoms with Crippen LogP contribution in [-0.2, 0) is 4.79 Å². The Balaban J connectivity index is 2.83. The van der Waals surface area contributed by atoms with Crippen molar-refractivity contribution in [3.8, 4) is 0 Å². The minimum Gasteiger partial charge on any atom is -0.397 e. The van der Waals surface area contributed by atoms with Crippen LogP contribution in [0.15, 0.2) is 18.2 Å². The Bertz CT molecular complexity index is 462. The molecule has 0 aliphatic carbocycles. The Labute approximate surface area is 105 Å². The number of benzene rings is 1. The highest BCUT2D eigenvalue weighted by molar-refractivity contribution is 5.83. The third-order valence-electron chi connectivity index (χ3n) is 2.39. The first-order chi connectivity index (χ1) is 8.45. The van der Waals surface area contributed by atoms with Crippen LogP contribution in [0.1, 0.15) is 6.92 Å². The number of hydrogen-bond donors (Lipinski definition) is 2. The van der Waals surface area contributed by atoms with Gasteiger partial charge in [-0.15, -0.1) is 0 Å². The SMILES string of the molecule is CCNC(=O)CN(C)c1ccc([N+](=O)[O-])cc1N. The molecule has 0 aliphatic heterocycles. The Hall–Kier alpha value is -2.31. The Kier molecular flexibility index (Phi) is 4.47. The molecule has 18 heavy (non-hydrogen) atoms. The third-order valence-corrected chi connectivity index (χ3v) is 2.39. The van der Waals surface area contributed by atoms with Gasteiger partial charge in [-0.2, -0.15) is 0 Å². The molecule has 0 atom stereocenters. The van der Waals surface area contributed by atoms with Crippen LogP contribution >= 0.6 is 0 Å². The number of anilines is 2. The van der Waals surface area contributed by atoms with Crippen LogP contribution in [0.2, 0.25) is 0 Å². The average Bonchev–Trinajstić information content (AvgIpc) is 2.28. The van der Waals surface area contributed by atoms with Crippen molar-refractivity contribution >= 4 is 23.0 Å². The van der Waals surface area contributed by atoms with E-state index in [0.717, 1.165) is 0 Å². The molecule has 0 fully saturated rings. The zero-order chi connectivity index (χ0) is 13.7. The van der Waals surface area contributed by atoms with Crippen molar-refractivity contribution in [2.45, 2.75) is 6.92 Å². The summed E-state index contributed by atoms with van der Waals surface area (Å²) in [4.78, 5) is 23.1.